The van der Waals surface area contributed by atoms with Crippen molar-refractivity contribution in [2.24, 2.45) is 0 Å². The molecule has 0 N–H and O–H groups in total. The van der Waals surface area contributed by atoms with Crippen LogP contribution in [-0.4, -0.2) is 71.3 Å². The van der Waals surface area contributed by atoms with Gasteiger partial charge in [0.2, 0.25) is 0 Å². The van der Waals surface area contributed by atoms with Gasteiger partial charge in [-0.2, -0.15) is 110 Å². The first-order valence-corrected chi connectivity index (χ1v) is 9.54. The van der Waals surface area contributed by atoms with Crippen molar-refractivity contribution in [3.63, 3.8) is 0 Å². The molecule has 0 bridgehead atoms. The summed E-state index contributed by atoms with van der Waals surface area (Å²) in [5, 5.41) is 0. The summed E-state index contributed by atoms with van der Waals surface area (Å²) in [6.07, 6.45) is -10.9. The van der Waals surface area contributed by atoms with Crippen molar-refractivity contribution in [3.05, 3.63) is 0 Å². The predicted molar refractivity (Wildman–Crippen MR) is 82.1 cm³/mol. The Morgan fingerprint density at radius 1 is 0.268 bits per heavy atom. The summed E-state index contributed by atoms with van der Waals surface area (Å²) in [5.74, 6) is -97.5. The summed E-state index contributed by atoms with van der Waals surface area (Å²) in [4.78, 5) is 0. The Labute approximate surface area is 209 Å². The van der Waals surface area contributed by atoms with Gasteiger partial charge in [-0.1, -0.05) is 20.8 Å². The van der Waals surface area contributed by atoms with Crippen molar-refractivity contribution in [3.8, 4) is 0 Å². The molecule has 25 heteroatoms. The standard InChI is InChI=1S/C14H5F25.C2H6/c1-2-3(15,16)4(17,18)5(19,20)6(21,22)7(23,24)8(25,26)9(27,28)10(29,30)11(31,32)12(33,34)13(35,36)14(37,38)39;1-2/h2H2,1H3;1-2H3. The van der Waals surface area contributed by atoms with E-state index in [4.69, 9.17) is 0 Å². The van der Waals surface area contributed by atoms with E-state index >= 15 is 0 Å². The van der Waals surface area contributed by atoms with Crippen molar-refractivity contribution >= 4 is 0 Å². The lowest BCUT2D eigenvalue weighted by Crippen LogP contribution is -2.78. The van der Waals surface area contributed by atoms with E-state index in [1.165, 1.54) is 0 Å². The van der Waals surface area contributed by atoms with Crippen molar-refractivity contribution < 1.29 is 110 Å². The quantitative estimate of drug-likeness (QED) is 0.191. The summed E-state index contributed by atoms with van der Waals surface area (Å²) in [7, 11) is 0. The Morgan fingerprint density at radius 3 is 0.561 bits per heavy atom. The van der Waals surface area contributed by atoms with Crippen LogP contribution in [0.25, 0.3) is 0 Å². The van der Waals surface area contributed by atoms with Crippen molar-refractivity contribution in [1.82, 2.24) is 0 Å². The molecule has 0 rings (SSSR count). The molecule has 250 valence electrons. The van der Waals surface area contributed by atoms with Gasteiger partial charge in [0, 0.05) is 6.42 Å². The Balaban J connectivity index is 0. The topological polar surface area (TPSA) is 0 Å². The van der Waals surface area contributed by atoms with Crippen LogP contribution in [-0.2, 0) is 0 Å². The molecule has 0 radical (unpaired) electrons. The highest BCUT2D eigenvalue weighted by atomic mass is 19.4. The zero-order valence-electron chi connectivity index (χ0n) is 19.2. The second-order valence-electron chi connectivity index (χ2n) is 7.30. The van der Waals surface area contributed by atoms with E-state index in [1.807, 2.05) is 13.8 Å². The van der Waals surface area contributed by atoms with E-state index in [1.54, 1.807) is 0 Å². The van der Waals surface area contributed by atoms with Crippen LogP contribution in [0.4, 0.5) is 110 Å². The monoisotopic (exact) mass is 678 g/mol. The highest BCUT2D eigenvalue weighted by Gasteiger charge is 2.99. The van der Waals surface area contributed by atoms with Gasteiger partial charge in [0.25, 0.3) is 0 Å². The molecule has 0 aliphatic heterocycles. The fourth-order valence-corrected chi connectivity index (χ4v) is 2.21. The first-order chi connectivity index (χ1) is 17.3. The summed E-state index contributed by atoms with van der Waals surface area (Å²) in [6, 6.07) is 0. The number of rotatable bonds is 11. The molecule has 0 heterocycles. The van der Waals surface area contributed by atoms with Crippen LogP contribution < -0.4 is 0 Å². The lowest BCUT2D eigenvalue weighted by atomic mass is 9.84. The molecule has 0 aliphatic rings. The van der Waals surface area contributed by atoms with Crippen LogP contribution in [0.1, 0.15) is 27.2 Å². The smallest absolute Gasteiger partial charge is 0.200 e. The van der Waals surface area contributed by atoms with Crippen LogP contribution >= 0.6 is 0 Å². The van der Waals surface area contributed by atoms with E-state index in [-0.39, 0.29) is 6.92 Å². The van der Waals surface area contributed by atoms with Gasteiger partial charge < -0.3 is 0 Å². The number of alkyl halides is 25. The highest BCUT2D eigenvalue weighted by molar-refractivity contribution is 5.19. The third-order valence-electron chi connectivity index (χ3n) is 4.81. The molecule has 0 fully saturated rings. The van der Waals surface area contributed by atoms with Crippen LogP contribution in [0.15, 0.2) is 0 Å². The molecule has 0 saturated carbocycles. The molecular weight excluding hydrogens is 667 g/mol. The summed E-state index contributed by atoms with van der Waals surface area (Å²) in [6.45, 7) is 3.71. The maximum Gasteiger partial charge on any atom is 0.460 e. The van der Waals surface area contributed by atoms with Crippen LogP contribution in [0.2, 0.25) is 0 Å². The molecule has 0 unspecified atom stereocenters. The predicted octanol–water partition coefficient (Wildman–Crippen LogP) is 9.97. The van der Waals surface area contributed by atoms with Gasteiger partial charge in [-0.15, -0.1) is 0 Å². The molecule has 0 nitrogen and oxygen atoms in total. The minimum absolute atomic E-state index is 0.289. The normalized spacial score (nSPS) is 16.4. The molecule has 0 spiro atoms. The van der Waals surface area contributed by atoms with Crippen molar-refractivity contribution in [2.45, 2.75) is 98.5 Å². The zero-order chi connectivity index (χ0) is 34.7. The maximum atomic E-state index is 13.5. The van der Waals surface area contributed by atoms with E-state index in [9.17, 15) is 110 Å². The molecule has 0 aromatic carbocycles. The van der Waals surface area contributed by atoms with Gasteiger partial charge in [0.1, 0.15) is 0 Å². The molecule has 0 aromatic rings. The largest absolute Gasteiger partial charge is 0.460 e. The maximum absolute atomic E-state index is 13.5. The van der Waals surface area contributed by atoms with Gasteiger partial charge >= 0.3 is 71.3 Å². The molecule has 0 atom stereocenters. The Bertz CT molecular complexity index is 890. The minimum atomic E-state index is -9.56. The van der Waals surface area contributed by atoms with E-state index in [0.29, 0.717) is 0 Å². The average molecular weight is 678 g/mol. The first-order valence-electron chi connectivity index (χ1n) is 9.54. The molecule has 0 amide bonds. The van der Waals surface area contributed by atoms with Crippen LogP contribution in [0, 0.1) is 0 Å². The third-order valence-corrected chi connectivity index (χ3v) is 4.81. The van der Waals surface area contributed by atoms with Crippen LogP contribution in [0.3, 0.4) is 0 Å². The van der Waals surface area contributed by atoms with E-state index in [2.05, 4.69) is 0 Å². The molecule has 0 saturated heterocycles. The van der Waals surface area contributed by atoms with Gasteiger partial charge in [-0.3, -0.25) is 0 Å². The Kier molecular flexibility index (Phi) is 10.6. The van der Waals surface area contributed by atoms with E-state index < -0.39 is 77.7 Å². The molecular formula is C16H11F25. The second kappa shape index (κ2) is 10.5. The van der Waals surface area contributed by atoms with Gasteiger partial charge in [-0.25, -0.2) is 0 Å². The lowest BCUT2D eigenvalue weighted by Gasteiger charge is -2.45. The fourth-order valence-electron chi connectivity index (χ4n) is 2.21. The third kappa shape index (κ3) is 5.00. The summed E-state index contributed by atoms with van der Waals surface area (Å²) in [5.41, 5.74) is 0. The van der Waals surface area contributed by atoms with Crippen LogP contribution in [0.5, 0.6) is 0 Å². The van der Waals surface area contributed by atoms with Gasteiger partial charge in [0.15, 0.2) is 0 Å². The summed E-state index contributed by atoms with van der Waals surface area (Å²) >= 11 is 0. The number of hydrogen-bond donors (Lipinski definition) is 0. The zero-order valence-corrected chi connectivity index (χ0v) is 19.2. The van der Waals surface area contributed by atoms with E-state index in [0.717, 1.165) is 0 Å². The fraction of sp³-hybridized carbons (Fsp3) is 1.00. The highest BCUT2D eigenvalue weighted by Crippen LogP contribution is 2.67. The number of hydrogen-bond acceptors (Lipinski definition) is 0. The Hall–Kier alpha value is -1.75. The summed E-state index contributed by atoms with van der Waals surface area (Å²) < 4.78 is 327. The number of halogens is 25. The minimum Gasteiger partial charge on any atom is -0.200 e. The SMILES string of the molecule is CC.CCC(F)(F)C(F)(F)C(F)(F)C(F)(F)C(F)(F)C(F)(F)C(F)(F)C(F)(F)C(F)(F)C(F)(F)C(F)(F)C(F)(F)F. The lowest BCUT2D eigenvalue weighted by molar-refractivity contribution is -0.482. The molecule has 0 aromatic heterocycles. The van der Waals surface area contributed by atoms with Crippen molar-refractivity contribution in [2.75, 3.05) is 0 Å². The average Bonchev–Trinajstić information content (AvgIpc) is 2.78. The Morgan fingerprint density at radius 2 is 0.415 bits per heavy atom. The van der Waals surface area contributed by atoms with Gasteiger partial charge in [-0.05, 0) is 0 Å². The second-order valence-corrected chi connectivity index (χ2v) is 7.30. The molecule has 41 heavy (non-hydrogen) atoms. The molecule has 0 aliphatic carbocycles. The van der Waals surface area contributed by atoms with Gasteiger partial charge in [0.05, 0.1) is 0 Å². The first kappa shape index (κ1) is 41.4. The van der Waals surface area contributed by atoms with Crippen molar-refractivity contribution in [1.29, 1.82) is 0 Å².